The fourth-order valence-electron chi connectivity index (χ4n) is 2.56. The van der Waals surface area contributed by atoms with Crippen molar-refractivity contribution in [2.24, 2.45) is 0 Å². The highest BCUT2D eigenvalue weighted by atomic mass is 32.2. The molecule has 2 aromatic carbocycles. The van der Waals surface area contributed by atoms with Crippen LogP contribution in [-0.2, 0) is 13.2 Å². The van der Waals surface area contributed by atoms with Crippen LogP contribution in [0.15, 0.2) is 53.7 Å². The van der Waals surface area contributed by atoms with E-state index < -0.39 is 10.7 Å². The Bertz CT molecular complexity index is 1040. The fourth-order valence-corrected chi connectivity index (χ4v) is 3.48. The molecule has 0 aliphatic rings. The van der Waals surface area contributed by atoms with E-state index in [2.05, 4.69) is 10.2 Å². The standard InChI is InChI=1S/C19H17FN4O4S/c1-2-23-18(11-28-17-9-4-3-8-15(17)20)21-22-19(23)29-12-16(25)13-6-5-7-14(10-13)24(26)27/h3-10H,2,11-12H2,1H3. The van der Waals surface area contributed by atoms with E-state index in [0.717, 1.165) is 0 Å². The number of nitro benzene ring substituents is 1. The van der Waals surface area contributed by atoms with Gasteiger partial charge in [-0.25, -0.2) is 4.39 Å². The van der Waals surface area contributed by atoms with Crippen molar-refractivity contribution in [3.05, 3.63) is 75.9 Å². The van der Waals surface area contributed by atoms with Crippen molar-refractivity contribution in [3.63, 3.8) is 0 Å². The molecule has 150 valence electrons. The fraction of sp³-hybridized carbons (Fsp3) is 0.211. The Kier molecular flexibility index (Phi) is 6.55. The number of para-hydroxylation sites is 1. The molecule has 0 unspecified atom stereocenters. The van der Waals surface area contributed by atoms with Gasteiger partial charge in [-0.05, 0) is 19.1 Å². The molecule has 3 aromatic rings. The van der Waals surface area contributed by atoms with Crippen molar-refractivity contribution in [2.45, 2.75) is 25.2 Å². The zero-order chi connectivity index (χ0) is 20.8. The molecule has 0 bridgehead atoms. The SMILES string of the molecule is CCn1c(COc2ccccc2F)nnc1SCC(=O)c1cccc([N+](=O)[O-])c1. The predicted octanol–water partition coefficient (Wildman–Crippen LogP) is 3.90. The molecule has 1 heterocycles. The smallest absolute Gasteiger partial charge is 0.270 e. The van der Waals surface area contributed by atoms with Gasteiger partial charge in [-0.3, -0.25) is 14.9 Å². The maximum Gasteiger partial charge on any atom is 0.270 e. The minimum atomic E-state index is -0.542. The lowest BCUT2D eigenvalue weighted by atomic mass is 10.1. The van der Waals surface area contributed by atoms with Crippen molar-refractivity contribution in [2.75, 3.05) is 5.75 Å². The number of hydrogen-bond acceptors (Lipinski definition) is 7. The monoisotopic (exact) mass is 416 g/mol. The molecule has 0 N–H and O–H groups in total. The zero-order valence-corrected chi connectivity index (χ0v) is 16.3. The molecule has 0 aliphatic heterocycles. The van der Waals surface area contributed by atoms with Gasteiger partial charge < -0.3 is 9.30 Å². The molecule has 0 fully saturated rings. The predicted molar refractivity (Wildman–Crippen MR) is 105 cm³/mol. The number of ether oxygens (including phenoxy) is 1. The van der Waals surface area contributed by atoms with Gasteiger partial charge in [0, 0.05) is 24.2 Å². The summed E-state index contributed by atoms with van der Waals surface area (Å²) in [5.74, 6) is -0.0528. The van der Waals surface area contributed by atoms with Crippen LogP contribution in [0, 0.1) is 15.9 Å². The average Bonchev–Trinajstić information content (AvgIpc) is 3.13. The Labute approximate surface area is 169 Å². The molecule has 10 heteroatoms. The Morgan fingerprint density at radius 3 is 2.76 bits per heavy atom. The first-order chi connectivity index (χ1) is 14.0. The maximum absolute atomic E-state index is 13.7. The lowest BCUT2D eigenvalue weighted by Gasteiger charge is -2.09. The second-order valence-electron chi connectivity index (χ2n) is 5.88. The van der Waals surface area contributed by atoms with Gasteiger partial charge in [0.1, 0.15) is 6.61 Å². The second-order valence-corrected chi connectivity index (χ2v) is 6.82. The number of nitro groups is 1. The summed E-state index contributed by atoms with van der Waals surface area (Å²) in [6.07, 6.45) is 0. The first kappa shape index (κ1) is 20.5. The van der Waals surface area contributed by atoms with Crippen LogP contribution < -0.4 is 4.74 Å². The molecule has 0 amide bonds. The molecular weight excluding hydrogens is 399 g/mol. The summed E-state index contributed by atoms with van der Waals surface area (Å²) in [6.45, 7) is 2.46. The molecule has 0 saturated carbocycles. The van der Waals surface area contributed by atoms with Gasteiger partial charge in [0.05, 0.1) is 10.7 Å². The van der Waals surface area contributed by atoms with Gasteiger partial charge in [0.2, 0.25) is 0 Å². The van der Waals surface area contributed by atoms with Crippen molar-refractivity contribution in [1.29, 1.82) is 0 Å². The van der Waals surface area contributed by atoms with Gasteiger partial charge >= 0.3 is 0 Å². The number of Topliss-reactive ketones (excluding diaryl/α,β-unsaturated/α-hetero) is 1. The van der Waals surface area contributed by atoms with Crippen LogP contribution in [0.4, 0.5) is 10.1 Å². The van der Waals surface area contributed by atoms with E-state index in [1.165, 1.54) is 48.2 Å². The quantitative estimate of drug-likeness (QED) is 0.226. The number of thioether (sulfide) groups is 1. The van der Waals surface area contributed by atoms with Crippen molar-refractivity contribution >= 4 is 23.2 Å². The topological polar surface area (TPSA) is 100 Å². The third-order valence-corrected chi connectivity index (χ3v) is 4.98. The van der Waals surface area contributed by atoms with E-state index >= 15 is 0 Å². The van der Waals surface area contributed by atoms with Crippen LogP contribution in [-0.4, -0.2) is 31.2 Å². The maximum atomic E-state index is 13.7. The van der Waals surface area contributed by atoms with Crippen LogP contribution in [0.1, 0.15) is 23.1 Å². The molecular formula is C19H17FN4O4S. The second kappa shape index (κ2) is 9.28. The van der Waals surface area contributed by atoms with Crippen LogP contribution in [0.5, 0.6) is 5.75 Å². The summed E-state index contributed by atoms with van der Waals surface area (Å²) < 4.78 is 20.9. The Balaban J connectivity index is 1.66. The number of non-ortho nitro benzene ring substituents is 1. The lowest BCUT2D eigenvalue weighted by molar-refractivity contribution is -0.384. The van der Waals surface area contributed by atoms with Crippen LogP contribution in [0.3, 0.4) is 0 Å². The normalized spacial score (nSPS) is 10.7. The van der Waals surface area contributed by atoms with Crippen molar-refractivity contribution < 1.29 is 18.8 Å². The average molecular weight is 416 g/mol. The number of rotatable bonds is 9. The largest absolute Gasteiger partial charge is 0.483 e. The lowest BCUT2D eigenvalue weighted by Crippen LogP contribution is -2.09. The van der Waals surface area contributed by atoms with Crippen molar-refractivity contribution in [1.82, 2.24) is 14.8 Å². The molecule has 0 aliphatic carbocycles. The number of aromatic nitrogens is 3. The third kappa shape index (κ3) is 4.96. The van der Waals surface area contributed by atoms with Gasteiger partial charge in [0.15, 0.2) is 28.3 Å². The van der Waals surface area contributed by atoms with Gasteiger partial charge in [-0.15, -0.1) is 10.2 Å². The van der Waals surface area contributed by atoms with E-state index in [4.69, 9.17) is 4.74 Å². The Morgan fingerprint density at radius 2 is 2.03 bits per heavy atom. The number of carbonyl (C=O) groups excluding carboxylic acids is 1. The summed E-state index contributed by atoms with van der Waals surface area (Å²) >= 11 is 1.17. The highest BCUT2D eigenvalue weighted by Crippen LogP contribution is 2.22. The molecule has 0 atom stereocenters. The molecule has 29 heavy (non-hydrogen) atoms. The Morgan fingerprint density at radius 1 is 1.24 bits per heavy atom. The molecule has 0 radical (unpaired) electrons. The summed E-state index contributed by atoms with van der Waals surface area (Å²) in [4.78, 5) is 22.7. The number of hydrogen-bond donors (Lipinski definition) is 0. The molecule has 0 saturated heterocycles. The molecule has 0 spiro atoms. The summed E-state index contributed by atoms with van der Waals surface area (Å²) in [5, 5.41) is 19.5. The van der Waals surface area contributed by atoms with Crippen LogP contribution in [0.2, 0.25) is 0 Å². The summed E-state index contributed by atoms with van der Waals surface area (Å²) in [7, 11) is 0. The van der Waals surface area contributed by atoms with E-state index in [0.29, 0.717) is 17.5 Å². The van der Waals surface area contributed by atoms with E-state index in [-0.39, 0.29) is 35.1 Å². The number of carbonyl (C=O) groups is 1. The van der Waals surface area contributed by atoms with E-state index in [9.17, 15) is 19.3 Å². The van der Waals surface area contributed by atoms with E-state index in [1.54, 1.807) is 16.7 Å². The molecule has 3 rings (SSSR count). The van der Waals surface area contributed by atoms with Gasteiger partial charge in [-0.1, -0.05) is 36.0 Å². The van der Waals surface area contributed by atoms with Crippen LogP contribution >= 0.6 is 11.8 Å². The molecule has 8 nitrogen and oxygen atoms in total. The minimum absolute atomic E-state index is 0.0289. The summed E-state index contributed by atoms with van der Waals surface area (Å²) in [6, 6.07) is 11.7. The number of halogens is 1. The number of nitrogens with zero attached hydrogens (tertiary/aromatic N) is 4. The minimum Gasteiger partial charge on any atom is -0.483 e. The highest BCUT2D eigenvalue weighted by Gasteiger charge is 2.16. The first-order valence-corrected chi connectivity index (χ1v) is 9.68. The number of ketones is 1. The van der Waals surface area contributed by atoms with Crippen molar-refractivity contribution in [3.8, 4) is 5.75 Å². The van der Waals surface area contributed by atoms with Crippen LogP contribution in [0.25, 0.3) is 0 Å². The third-order valence-electron chi connectivity index (χ3n) is 4.01. The first-order valence-electron chi connectivity index (χ1n) is 8.69. The van der Waals surface area contributed by atoms with Gasteiger partial charge in [-0.2, -0.15) is 0 Å². The summed E-state index contributed by atoms with van der Waals surface area (Å²) in [5.41, 5.74) is 0.127. The van der Waals surface area contributed by atoms with Gasteiger partial charge in [0.25, 0.3) is 5.69 Å². The zero-order valence-electron chi connectivity index (χ0n) is 15.4. The highest BCUT2D eigenvalue weighted by molar-refractivity contribution is 7.99. The van der Waals surface area contributed by atoms with E-state index in [1.807, 2.05) is 6.92 Å². The Hall–Kier alpha value is -3.27. The molecule has 1 aromatic heterocycles. The number of benzene rings is 2.